The van der Waals surface area contributed by atoms with Gasteiger partial charge in [-0.2, -0.15) is 0 Å². The van der Waals surface area contributed by atoms with Crippen molar-refractivity contribution < 1.29 is 9.90 Å². The van der Waals surface area contributed by atoms with Gasteiger partial charge in [-0.15, -0.1) is 10.2 Å². The van der Waals surface area contributed by atoms with Crippen molar-refractivity contribution in [2.75, 3.05) is 11.6 Å². The molecule has 0 aliphatic rings. The van der Waals surface area contributed by atoms with E-state index in [1.54, 1.807) is 17.1 Å². The molecule has 0 atom stereocenters. The van der Waals surface area contributed by atoms with E-state index in [0.29, 0.717) is 16.7 Å². The second-order valence-electron chi connectivity index (χ2n) is 3.28. The van der Waals surface area contributed by atoms with Crippen LogP contribution in [0.2, 0.25) is 0 Å². The third kappa shape index (κ3) is 2.38. The zero-order chi connectivity index (χ0) is 12.4. The van der Waals surface area contributed by atoms with Crippen LogP contribution in [-0.4, -0.2) is 41.3 Å². The molecule has 17 heavy (non-hydrogen) atoms. The smallest absolute Gasteiger partial charge is 0.313 e. The quantitative estimate of drug-likeness (QED) is 0.562. The predicted octanol–water partition coefficient (Wildman–Crippen LogP) is -0.431. The zero-order valence-corrected chi connectivity index (χ0v) is 9.76. The molecule has 0 saturated heterocycles. The van der Waals surface area contributed by atoms with Gasteiger partial charge >= 0.3 is 5.97 Å². The average Bonchev–Trinajstić information content (AvgIpc) is 2.82. The summed E-state index contributed by atoms with van der Waals surface area (Å²) in [5.74, 6) is 5.11. The number of aliphatic carboxylic acids is 1. The van der Waals surface area contributed by atoms with Gasteiger partial charge in [0.15, 0.2) is 0 Å². The largest absolute Gasteiger partial charge is 0.481 e. The molecule has 0 bridgehead atoms. The first-order valence-electron chi connectivity index (χ1n) is 4.61. The Morgan fingerprint density at radius 3 is 2.94 bits per heavy atom. The number of hydrogen-bond acceptors (Lipinski definition) is 6. The maximum absolute atomic E-state index is 10.4. The number of aromatic nitrogens is 5. The van der Waals surface area contributed by atoms with Gasteiger partial charge in [0.05, 0.1) is 12.1 Å². The Morgan fingerprint density at radius 2 is 2.35 bits per heavy atom. The van der Waals surface area contributed by atoms with Crippen LogP contribution < -0.4 is 5.84 Å². The molecular formula is C8H10N6O2S. The summed E-state index contributed by atoms with van der Waals surface area (Å²) in [5, 5.41) is 16.6. The summed E-state index contributed by atoms with van der Waals surface area (Å²) in [5.41, 5.74) is 0.588. The number of rotatable bonds is 4. The van der Waals surface area contributed by atoms with Crippen molar-refractivity contribution in [3.05, 3.63) is 12.5 Å². The monoisotopic (exact) mass is 254 g/mol. The Balaban J connectivity index is 2.23. The number of aryl methyl sites for hydroxylation is 1. The Hall–Kier alpha value is -2.03. The summed E-state index contributed by atoms with van der Waals surface area (Å²) >= 11 is 1.01. The lowest BCUT2D eigenvalue weighted by Crippen LogP contribution is -2.12. The van der Waals surface area contributed by atoms with E-state index in [1.807, 2.05) is 7.05 Å². The van der Waals surface area contributed by atoms with Crippen LogP contribution in [-0.2, 0) is 11.8 Å². The summed E-state index contributed by atoms with van der Waals surface area (Å²) in [6.45, 7) is 0. The number of carboxylic acids is 1. The Morgan fingerprint density at radius 1 is 1.59 bits per heavy atom. The predicted molar refractivity (Wildman–Crippen MR) is 60.7 cm³/mol. The highest BCUT2D eigenvalue weighted by Crippen LogP contribution is 2.19. The van der Waals surface area contributed by atoms with E-state index in [1.165, 1.54) is 4.68 Å². The maximum atomic E-state index is 10.4. The van der Waals surface area contributed by atoms with Gasteiger partial charge in [0.1, 0.15) is 5.69 Å². The zero-order valence-electron chi connectivity index (χ0n) is 8.94. The highest BCUT2D eigenvalue weighted by atomic mass is 32.2. The standard InChI is InChI=1S/C8H10N6O2S/c1-13-2-5(10-4-13)7-11-12-8(14(7)9)17-3-6(15)16/h2,4H,3,9H2,1H3,(H,15,16). The number of imidazole rings is 1. The molecule has 0 aliphatic carbocycles. The van der Waals surface area contributed by atoms with Gasteiger partial charge in [-0.3, -0.25) is 4.79 Å². The van der Waals surface area contributed by atoms with Crippen molar-refractivity contribution in [3.8, 4) is 11.5 Å². The van der Waals surface area contributed by atoms with Crippen LogP contribution in [0.3, 0.4) is 0 Å². The van der Waals surface area contributed by atoms with E-state index in [-0.39, 0.29) is 5.75 Å². The van der Waals surface area contributed by atoms with Crippen LogP contribution in [0.4, 0.5) is 0 Å². The number of nitrogen functional groups attached to an aromatic ring is 1. The Bertz CT molecular complexity index is 548. The van der Waals surface area contributed by atoms with Crippen molar-refractivity contribution in [1.29, 1.82) is 0 Å². The van der Waals surface area contributed by atoms with Crippen molar-refractivity contribution in [1.82, 2.24) is 24.4 Å². The van der Waals surface area contributed by atoms with Gasteiger partial charge in [0.2, 0.25) is 11.0 Å². The first-order valence-corrected chi connectivity index (χ1v) is 5.60. The van der Waals surface area contributed by atoms with Gasteiger partial charge in [0.25, 0.3) is 0 Å². The molecule has 0 aromatic carbocycles. The lowest BCUT2D eigenvalue weighted by Gasteiger charge is -1.99. The molecule has 3 N–H and O–H groups in total. The minimum atomic E-state index is -0.933. The van der Waals surface area contributed by atoms with Gasteiger partial charge in [-0.05, 0) is 0 Å². The molecule has 2 aromatic heterocycles. The van der Waals surface area contributed by atoms with Crippen LogP contribution in [0, 0.1) is 0 Å². The van der Waals surface area contributed by atoms with Crippen LogP contribution in [0.15, 0.2) is 17.7 Å². The van der Waals surface area contributed by atoms with Crippen molar-refractivity contribution in [2.45, 2.75) is 5.16 Å². The SMILES string of the molecule is Cn1cnc(-c2nnc(SCC(=O)O)n2N)c1. The summed E-state index contributed by atoms with van der Waals surface area (Å²) in [4.78, 5) is 14.5. The fourth-order valence-electron chi connectivity index (χ4n) is 1.20. The number of hydrogen-bond donors (Lipinski definition) is 2. The van der Waals surface area contributed by atoms with Crippen LogP contribution in [0.1, 0.15) is 0 Å². The van der Waals surface area contributed by atoms with Crippen molar-refractivity contribution >= 4 is 17.7 Å². The minimum Gasteiger partial charge on any atom is -0.481 e. The molecule has 2 aromatic rings. The molecule has 0 amide bonds. The van der Waals surface area contributed by atoms with Crippen LogP contribution >= 0.6 is 11.8 Å². The molecular weight excluding hydrogens is 244 g/mol. The molecule has 8 nitrogen and oxygen atoms in total. The number of carbonyl (C=O) groups is 1. The number of nitrogens with zero attached hydrogens (tertiary/aromatic N) is 5. The molecule has 0 saturated carbocycles. The molecule has 2 heterocycles. The highest BCUT2D eigenvalue weighted by molar-refractivity contribution is 7.99. The second kappa shape index (κ2) is 4.45. The van der Waals surface area contributed by atoms with E-state index in [0.717, 1.165) is 11.8 Å². The molecule has 90 valence electrons. The summed E-state index contributed by atoms with van der Waals surface area (Å²) in [6.07, 6.45) is 3.37. The van der Waals surface area contributed by atoms with E-state index in [9.17, 15) is 4.79 Å². The lowest BCUT2D eigenvalue weighted by atomic mass is 10.4. The van der Waals surface area contributed by atoms with E-state index in [4.69, 9.17) is 10.9 Å². The van der Waals surface area contributed by atoms with Gasteiger partial charge in [-0.1, -0.05) is 11.8 Å². The lowest BCUT2D eigenvalue weighted by molar-refractivity contribution is -0.133. The number of carboxylic acid groups (broad SMARTS) is 1. The molecule has 2 rings (SSSR count). The van der Waals surface area contributed by atoms with Crippen LogP contribution in [0.25, 0.3) is 11.5 Å². The van der Waals surface area contributed by atoms with E-state index >= 15 is 0 Å². The molecule has 0 spiro atoms. The fraction of sp³-hybridized carbons (Fsp3) is 0.250. The molecule has 0 fully saturated rings. The van der Waals surface area contributed by atoms with Crippen molar-refractivity contribution in [3.63, 3.8) is 0 Å². The summed E-state index contributed by atoms with van der Waals surface area (Å²) < 4.78 is 2.99. The fourth-order valence-corrected chi connectivity index (χ4v) is 1.78. The first-order chi connectivity index (χ1) is 8.08. The number of nitrogens with two attached hydrogens (primary N) is 1. The van der Waals surface area contributed by atoms with Gasteiger partial charge < -0.3 is 15.5 Å². The Kier molecular flexibility index (Phi) is 3.00. The highest BCUT2D eigenvalue weighted by Gasteiger charge is 2.14. The summed E-state index contributed by atoms with van der Waals surface area (Å²) in [7, 11) is 1.83. The second-order valence-corrected chi connectivity index (χ2v) is 4.23. The normalized spacial score (nSPS) is 10.6. The third-order valence-corrected chi connectivity index (χ3v) is 2.85. The Labute approximate surface area is 100 Å². The van der Waals surface area contributed by atoms with Crippen LogP contribution in [0.5, 0.6) is 0 Å². The van der Waals surface area contributed by atoms with Crippen molar-refractivity contribution in [2.24, 2.45) is 7.05 Å². The topological polar surface area (TPSA) is 112 Å². The van der Waals surface area contributed by atoms with E-state index < -0.39 is 5.97 Å². The average molecular weight is 254 g/mol. The molecule has 0 radical (unpaired) electrons. The first kappa shape index (κ1) is 11.5. The maximum Gasteiger partial charge on any atom is 0.313 e. The molecule has 0 aliphatic heterocycles. The minimum absolute atomic E-state index is 0.114. The molecule has 9 heteroatoms. The van der Waals surface area contributed by atoms with Gasteiger partial charge in [0, 0.05) is 13.2 Å². The molecule has 0 unspecified atom stereocenters. The number of thioether (sulfide) groups is 1. The van der Waals surface area contributed by atoms with E-state index in [2.05, 4.69) is 15.2 Å². The summed E-state index contributed by atoms with van der Waals surface area (Å²) in [6, 6.07) is 0. The van der Waals surface area contributed by atoms with Gasteiger partial charge in [-0.25, -0.2) is 9.66 Å². The third-order valence-electron chi connectivity index (χ3n) is 1.92.